The molecule has 138 valence electrons. The fraction of sp³-hybridized carbons (Fsp3) is 0.238. The van der Waals surface area contributed by atoms with Crippen molar-refractivity contribution in [2.75, 3.05) is 6.61 Å². The van der Waals surface area contributed by atoms with Gasteiger partial charge in [0, 0.05) is 17.1 Å². The van der Waals surface area contributed by atoms with Gasteiger partial charge in [-0.05, 0) is 60.0 Å². The highest BCUT2D eigenvalue weighted by Gasteiger charge is 2.15. The van der Waals surface area contributed by atoms with E-state index in [9.17, 15) is 9.59 Å². The monoisotopic (exact) mass is 364 g/mol. The lowest BCUT2D eigenvalue weighted by atomic mass is 10.1. The Morgan fingerprint density at radius 1 is 1.19 bits per heavy atom. The van der Waals surface area contributed by atoms with Gasteiger partial charge in [0.1, 0.15) is 12.4 Å². The molecule has 2 N–H and O–H groups in total. The zero-order valence-corrected chi connectivity index (χ0v) is 14.8. The van der Waals surface area contributed by atoms with Crippen molar-refractivity contribution < 1.29 is 14.7 Å². The van der Waals surface area contributed by atoms with Crippen LogP contribution in [0.25, 0.3) is 10.8 Å². The molecule has 6 heteroatoms. The lowest BCUT2D eigenvalue weighted by molar-refractivity contribution is 0.0706. The molecule has 3 aromatic rings. The molecule has 0 spiro atoms. The summed E-state index contributed by atoms with van der Waals surface area (Å²) in [5, 5.41) is 9.95. The van der Waals surface area contributed by atoms with E-state index in [0.29, 0.717) is 18.5 Å². The second-order valence-electron chi connectivity index (χ2n) is 6.65. The number of pyridine rings is 1. The van der Waals surface area contributed by atoms with Crippen molar-refractivity contribution in [2.45, 2.75) is 25.8 Å². The maximum atomic E-state index is 12.7. The summed E-state index contributed by atoms with van der Waals surface area (Å²) >= 11 is 0. The number of nitrogens with zero attached hydrogens (tertiary/aromatic N) is 1. The van der Waals surface area contributed by atoms with Crippen molar-refractivity contribution in [1.29, 1.82) is 0 Å². The number of carbonyl (C=O) groups excluding carboxylic acids is 1. The predicted molar refractivity (Wildman–Crippen MR) is 101 cm³/mol. The van der Waals surface area contributed by atoms with Crippen LogP contribution >= 0.6 is 0 Å². The van der Waals surface area contributed by atoms with E-state index in [1.165, 1.54) is 17.2 Å². The number of nitrogens with one attached hydrogen (secondary N) is 1. The summed E-state index contributed by atoms with van der Waals surface area (Å²) in [5.41, 5.74) is 4.26. The number of hydroxylamine groups is 1. The van der Waals surface area contributed by atoms with Crippen LogP contribution in [0.5, 0.6) is 5.75 Å². The summed E-state index contributed by atoms with van der Waals surface area (Å²) < 4.78 is 7.52. The Kier molecular flexibility index (Phi) is 4.64. The average molecular weight is 364 g/mol. The molecule has 4 rings (SSSR count). The molecule has 1 amide bonds. The minimum absolute atomic E-state index is 0.193. The molecule has 1 aliphatic carbocycles. The molecule has 0 fully saturated rings. The fourth-order valence-corrected chi connectivity index (χ4v) is 3.64. The average Bonchev–Trinajstić information content (AvgIpc) is 3.18. The number of hydrogen-bond donors (Lipinski definition) is 2. The molecule has 0 aliphatic heterocycles. The highest BCUT2D eigenvalue weighted by molar-refractivity contribution is 5.97. The minimum atomic E-state index is -0.645. The summed E-state index contributed by atoms with van der Waals surface area (Å²) in [6, 6.07) is 12.7. The smallest absolute Gasteiger partial charge is 0.274 e. The van der Waals surface area contributed by atoms with Crippen LogP contribution in [0.3, 0.4) is 0 Å². The zero-order valence-electron chi connectivity index (χ0n) is 14.8. The predicted octanol–water partition coefficient (Wildman–Crippen LogP) is 2.69. The Hall–Kier alpha value is -3.12. The number of ether oxygens (including phenoxy) is 1. The lowest BCUT2D eigenvalue weighted by Crippen LogP contribution is -2.23. The van der Waals surface area contributed by atoms with E-state index in [-0.39, 0.29) is 11.1 Å². The van der Waals surface area contributed by atoms with Gasteiger partial charge in [0.25, 0.3) is 11.5 Å². The number of amides is 1. The van der Waals surface area contributed by atoms with Crippen molar-refractivity contribution in [1.82, 2.24) is 10.0 Å². The van der Waals surface area contributed by atoms with Crippen LogP contribution in [-0.4, -0.2) is 22.3 Å². The number of rotatable bonds is 5. The van der Waals surface area contributed by atoms with Crippen molar-refractivity contribution in [2.24, 2.45) is 0 Å². The number of fused-ring (bicyclic) bond motifs is 2. The Bertz CT molecular complexity index is 1070. The first-order chi connectivity index (χ1) is 13.2. The highest BCUT2D eigenvalue weighted by Crippen LogP contribution is 2.30. The quantitative estimate of drug-likeness (QED) is 0.539. The molecular weight excluding hydrogens is 344 g/mol. The van der Waals surface area contributed by atoms with Crippen molar-refractivity contribution >= 4 is 16.7 Å². The van der Waals surface area contributed by atoms with Gasteiger partial charge in [-0.2, -0.15) is 0 Å². The molecule has 0 bridgehead atoms. The number of carbonyl (C=O) groups is 1. The molecule has 0 saturated carbocycles. The summed E-state index contributed by atoms with van der Waals surface area (Å²) in [5.74, 6) is 0.258. The van der Waals surface area contributed by atoms with Crippen molar-refractivity contribution in [3.05, 3.63) is 75.7 Å². The maximum absolute atomic E-state index is 12.7. The lowest BCUT2D eigenvalue weighted by Gasteiger charge is -2.12. The molecule has 1 heterocycles. The van der Waals surface area contributed by atoms with Gasteiger partial charge >= 0.3 is 0 Å². The van der Waals surface area contributed by atoms with Crippen LogP contribution in [-0.2, 0) is 19.4 Å². The second kappa shape index (κ2) is 7.25. The first-order valence-corrected chi connectivity index (χ1v) is 8.98. The second-order valence-corrected chi connectivity index (χ2v) is 6.65. The van der Waals surface area contributed by atoms with Gasteiger partial charge < -0.3 is 9.30 Å². The topological polar surface area (TPSA) is 80.6 Å². The van der Waals surface area contributed by atoms with Crippen molar-refractivity contribution in [3.63, 3.8) is 0 Å². The molecule has 0 radical (unpaired) electrons. The molecular formula is C21H20N2O4. The maximum Gasteiger partial charge on any atom is 0.274 e. The van der Waals surface area contributed by atoms with Crippen LogP contribution in [0.15, 0.2) is 53.5 Å². The van der Waals surface area contributed by atoms with E-state index in [0.717, 1.165) is 30.4 Å². The molecule has 6 nitrogen and oxygen atoms in total. The van der Waals surface area contributed by atoms with Gasteiger partial charge in [0.15, 0.2) is 0 Å². The Morgan fingerprint density at radius 3 is 2.93 bits per heavy atom. The van der Waals surface area contributed by atoms with E-state index in [1.54, 1.807) is 28.4 Å². The van der Waals surface area contributed by atoms with Crippen LogP contribution in [0, 0.1) is 0 Å². The standard InChI is InChI=1S/C21H20N2O4/c24-20(22-26)16-8-7-15-9-10-23(21(25)18(15)13-16)11-12-27-19-6-2-4-14-3-1-5-17(14)19/h2,4,6-10,13,26H,1,3,5,11-12H2,(H,22,24). The Balaban J connectivity index is 1.54. The van der Waals surface area contributed by atoms with E-state index >= 15 is 0 Å². The van der Waals surface area contributed by atoms with Gasteiger partial charge in [-0.25, -0.2) is 5.48 Å². The third-order valence-corrected chi connectivity index (χ3v) is 5.04. The molecule has 1 aliphatic rings. The SMILES string of the molecule is O=C(NO)c1ccc2ccn(CCOc3cccc4c3CCC4)c(=O)c2c1. The molecule has 0 unspecified atom stereocenters. The van der Waals surface area contributed by atoms with Gasteiger partial charge in [-0.1, -0.05) is 18.2 Å². The van der Waals surface area contributed by atoms with Crippen LogP contribution < -0.4 is 15.8 Å². The summed E-state index contributed by atoms with van der Waals surface area (Å²) in [6.45, 7) is 0.799. The third kappa shape index (κ3) is 3.31. The van der Waals surface area contributed by atoms with Gasteiger partial charge in [0.05, 0.1) is 6.54 Å². The molecule has 0 saturated heterocycles. The number of benzene rings is 2. The third-order valence-electron chi connectivity index (χ3n) is 5.04. The zero-order chi connectivity index (χ0) is 18.8. The van der Waals surface area contributed by atoms with Crippen molar-refractivity contribution in [3.8, 4) is 5.75 Å². The minimum Gasteiger partial charge on any atom is -0.491 e. The summed E-state index contributed by atoms with van der Waals surface area (Å²) in [4.78, 5) is 24.3. The van der Waals surface area contributed by atoms with Gasteiger partial charge in [-0.15, -0.1) is 0 Å². The molecule has 27 heavy (non-hydrogen) atoms. The summed E-state index contributed by atoms with van der Waals surface area (Å²) in [6.07, 6.45) is 5.02. The van der Waals surface area contributed by atoms with Crippen LogP contribution in [0.1, 0.15) is 27.9 Å². The fourth-order valence-electron chi connectivity index (χ4n) is 3.64. The van der Waals surface area contributed by atoms with E-state index in [2.05, 4.69) is 6.07 Å². The number of aryl methyl sites for hydroxylation is 1. The first-order valence-electron chi connectivity index (χ1n) is 8.98. The van der Waals surface area contributed by atoms with Gasteiger partial charge in [0.2, 0.25) is 0 Å². The van der Waals surface area contributed by atoms with E-state index < -0.39 is 5.91 Å². The largest absolute Gasteiger partial charge is 0.491 e. The molecule has 1 aromatic heterocycles. The number of hydrogen-bond acceptors (Lipinski definition) is 4. The van der Waals surface area contributed by atoms with E-state index in [1.807, 2.05) is 18.2 Å². The van der Waals surface area contributed by atoms with E-state index in [4.69, 9.17) is 9.94 Å². The normalized spacial score (nSPS) is 12.8. The first kappa shape index (κ1) is 17.3. The molecule has 2 aromatic carbocycles. The van der Waals surface area contributed by atoms with Crippen LogP contribution in [0.2, 0.25) is 0 Å². The highest BCUT2D eigenvalue weighted by atomic mass is 16.5. The Labute approximate surface area is 156 Å². The van der Waals surface area contributed by atoms with Gasteiger partial charge in [-0.3, -0.25) is 14.8 Å². The Morgan fingerprint density at radius 2 is 2.07 bits per heavy atom. The number of aromatic nitrogens is 1. The van der Waals surface area contributed by atoms with Crippen LogP contribution in [0.4, 0.5) is 0 Å². The summed E-state index contributed by atoms with van der Waals surface area (Å²) in [7, 11) is 0. The molecule has 0 atom stereocenters.